The molecule has 4 rings (SSSR count). The number of amidine groups is 1. The van der Waals surface area contributed by atoms with Crippen molar-refractivity contribution in [2.75, 3.05) is 5.75 Å². The van der Waals surface area contributed by atoms with Crippen LogP contribution in [-0.2, 0) is 15.4 Å². The number of aliphatic imine (C=N–C) groups is 1. The third-order valence-electron chi connectivity index (χ3n) is 4.97. The second-order valence-electron chi connectivity index (χ2n) is 7.31. The summed E-state index contributed by atoms with van der Waals surface area (Å²) in [6.45, 7) is 4.92. The number of nitrogens with two attached hydrogens (primary N) is 1. The molecule has 142 valence electrons. The molecule has 0 saturated carbocycles. The van der Waals surface area contributed by atoms with E-state index in [4.69, 9.17) is 17.3 Å². The van der Waals surface area contributed by atoms with Crippen molar-refractivity contribution in [1.82, 2.24) is 14.6 Å². The van der Waals surface area contributed by atoms with Gasteiger partial charge in [-0.3, -0.25) is 4.99 Å². The van der Waals surface area contributed by atoms with E-state index in [0.29, 0.717) is 15.5 Å². The quantitative estimate of drug-likeness (QED) is 0.682. The standard InChI is InChI=1S/C17H18ClN5O2S2/c1-16(2)15(19)22-17(3,8-27(16,24)25)14-11(18)7-12(26-14)10-4-5-23-13(6-10)20-9-21-23/h4-7,9H,8H2,1-3H3,(H2,19,22)/t17-/m0/s1. The molecule has 0 amide bonds. The number of fused-ring (bicyclic) bond motifs is 1. The summed E-state index contributed by atoms with van der Waals surface area (Å²) in [7, 11) is -3.49. The molecule has 27 heavy (non-hydrogen) atoms. The zero-order valence-corrected chi connectivity index (χ0v) is 17.4. The van der Waals surface area contributed by atoms with Crippen LogP contribution in [0.5, 0.6) is 0 Å². The molecule has 0 bridgehead atoms. The number of hydrogen-bond acceptors (Lipinski definition) is 7. The number of rotatable bonds is 2. The van der Waals surface area contributed by atoms with Crippen molar-refractivity contribution >= 4 is 44.3 Å². The molecule has 1 aliphatic heterocycles. The number of halogens is 1. The van der Waals surface area contributed by atoms with Crippen molar-refractivity contribution in [3.05, 3.63) is 40.6 Å². The highest BCUT2D eigenvalue weighted by molar-refractivity contribution is 7.93. The average molecular weight is 424 g/mol. The molecule has 7 nitrogen and oxygen atoms in total. The number of nitrogens with zero attached hydrogens (tertiary/aromatic N) is 4. The second kappa shape index (κ2) is 5.76. The van der Waals surface area contributed by atoms with Gasteiger partial charge in [-0.25, -0.2) is 17.9 Å². The van der Waals surface area contributed by atoms with Crippen molar-refractivity contribution in [1.29, 1.82) is 0 Å². The first-order valence-electron chi connectivity index (χ1n) is 8.21. The van der Waals surface area contributed by atoms with E-state index in [1.54, 1.807) is 25.3 Å². The smallest absolute Gasteiger partial charge is 0.165 e. The topological polar surface area (TPSA) is 103 Å². The van der Waals surface area contributed by atoms with Gasteiger partial charge in [0.1, 0.15) is 22.4 Å². The van der Waals surface area contributed by atoms with Crippen LogP contribution in [0.15, 0.2) is 35.7 Å². The van der Waals surface area contributed by atoms with Gasteiger partial charge in [0.2, 0.25) is 0 Å². The first kappa shape index (κ1) is 18.4. The third kappa shape index (κ3) is 2.76. The fourth-order valence-corrected chi connectivity index (χ4v) is 6.50. The fourth-order valence-electron chi connectivity index (χ4n) is 3.11. The van der Waals surface area contributed by atoms with E-state index < -0.39 is 20.1 Å². The van der Waals surface area contributed by atoms with Crippen LogP contribution in [0.1, 0.15) is 25.6 Å². The molecule has 0 unspecified atom stereocenters. The summed E-state index contributed by atoms with van der Waals surface area (Å²) < 4.78 is 26.1. The van der Waals surface area contributed by atoms with Crippen molar-refractivity contribution < 1.29 is 8.42 Å². The van der Waals surface area contributed by atoms with Gasteiger partial charge in [-0.05, 0) is 44.5 Å². The van der Waals surface area contributed by atoms with Gasteiger partial charge in [0.25, 0.3) is 0 Å². The molecule has 0 radical (unpaired) electrons. The van der Waals surface area contributed by atoms with E-state index in [0.717, 1.165) is 10.4 Å². The fraction of sp³-hybridized carbons (Fsp3) is 0.353. The van der Waals surface area contributed by atoms with E-state index >= 15 is 0 Å². The summed E-state index contributed by atoms with van der Waals surface area (Å²) >= 11 is 7.91. The van der Waals surface area contributed by atoms with E-state index in [1.165, 1.54) is 17.7 Å². The number of thiophene rings is 1. The number of pyridine rings is 1. The van der Waals surface area contributed by atoms with E-state index in [9.17, 15) is 8.42 Å². The molecule has 1 aliphatic rings. The minimum absolute atomic E-state index is 0.104. The number of hydrogen-bond donors (Lipinski definition) is 1. The highest BCUT2D eigenvalue weighted by Crippen LogP contribution is 2.45. The summed E-state index contributed by atoms with van der Waals surface area (Å²) in [6.07, 6.45) is 3.30. The Bertz CT molecular complexity index is 1200. The molecule has 4 heterocycles. The lowest BCUT2D eigenvalue weighted by Gasteiger charge is -2.37. The maximum absolute atomic E-state index is 12.8. The molecule has 2 N–H and O–H groups in total. The van der Waals surface area contributed by atoms with Crippen LogP contribution in [0.3, 0.4) is 0 Å². The number of sulfone groups is 1. The molecular weight excluding hydrogens is 406 g/mol. The highest BCUT2D eigenvalue weighted by atomic mass is 35.5. The summed E-state index contributed by atoms with van der Waals surface area (Å²) in [5.74, 6) is -0.0384. The van der Waals surface area contributed by atoms with Crippen molar-refractivity contribution in [3.8, 4) is 10.4 Å². The molecule has 3 aromatic heterocycles. The molecule has 0 aliphatic carbocycles. The average Bonchev–Trinajstić information content (AvgIpc) is 3.18. The van der Waals surface area contributed by atoms with Crippen LogP contribution in [0.4, 0.5) is 0 Å². The summed E-state index contributed by atoms with van der Waals surface area (Å²) in [6, 6.07) is 5.64. The normalized spacial score (nSPS) is 24.1. The van der Waals surface area contributed by atoms with Crippen LogP contribution < -0.4 is 5.73 Å². The van der Waals surface area contributed by atoms with E-state index in [-0.39, 0.29) is 11.6 Å². The summed E-state index contributed by atoms with van der Waals surface area (Å²) in [4.78, 5) is 10.3. The Balaban J connectivity index is 1.83. The Morgan fingerprint density at radius 3 is 2.74 bits per heavy atom. The maximum Gasteiger partial charge on any atom is 0.165 e. The molecule has 0 saturated heterocycles. The largest absolute Gasteiger partial charge is 0.386 e. The van der Waals surface area contributed by atoms with Gasteiger partial charge in [-0.15, -0.1) is 11.3 Å². The van der Waals surface area contributed by atoms with Crippen LogP contribution in [0, 0.1) is 0 Å². The Morgan fingerprint density at radius 1 is 1.30 bits per heavy atom. The Labute approximate surface area is 165 Å². The minimum atomic E-state index is -3.49. The van der Waals surface area contributed by atoms with Crippen LogP contribution in [0.2, 0.25) is 5.02 Å². The number of aromatic nitrogens is 3. The predicted molar refractivity (Wildman–Crippen MR) is 108 cm³/mol. The zero-order chi connectivity index (χ0) is 19.6. The molecule has 0 aromatic carbocycles. The van der Waals surface area contributed by atoms with E-state index in [2.05, 4.69) is 15.1 Å². The van der Waals surface area contributed by atoms with Crippen molar-refractivity contribution in [3.63, 3.8) is 0 Å². The molecule has 0 spiro atoms. The third-order valence-corrected chi connectivity index (χ3v) is 9.53. The molecule has 1 atom stereocenters. The Kier molecular flexibility index (Phi) is 3.93. The molecular formula is C17H18ClN5O2S2. The Hall–Kier alpha value is -1.97. The van der Waals surface area contributed by atoms with Gasteiger partial charge in [0.15, 0.2) is 15.5 Å². The summed E-state index contributed by atoms with van der Waals surface area (Å²) in [5.41, 5.74) is 6.66. The lowest BCUT2D eigenvalue weighted by Crippen LogP contribution is -2.54. The Morgan fingerprint density at radius 2 is 2.04 bits per heavy atom. The lowest BCUT2D eigenvalue weighted by molar-refractivity contribution is 0.507. The van der Waals surface area contributed by atoms with Crippen molar-refractivity contribution in [2.45, 2.75) is 31.1 Å². The molecule has 0 fully saturated rings. The van der Waals surface area contributed by atoms with Gasteiger partial charge < -0.3 is 5.73 Å². The maximum atomic E-state index is 12.8. The first-order chi connectivity index (χ1) is 12.5. The molecule has 10 heteroatoms. The van der Waals surface area contributed by atoms with Gasteiger partial charge in [-0.1, -0.05) is 11.6 Å². The second-order valence-corrected chi connectivity index (χ2v) is 11.3. The van der Waals surface area contributed by atoms with E-state index in [1.807, 2.05) is 24.4 Å². The highest BCUT2D eigenvalue weighted by Gasteiger charge is 2.49. The van der Waals surface area contributed by atoms with Gasteiger partial charge in [0.05, 0.1) is 15.7 Å². The minimum Gasteiger partial charge on any atom is -0.386 e. The zero-order valence-electron chi connectivity index (χ0n) is 15.0. The van der Waals surface area contributed by atoms with Gasteiger partial charge in [0, 0.05) is 11.1 Å². The monoisotopic (exact) mass is 423 g/mol. The van der Waals surface area contributed by atoms with Crippen LogP contribution in [0.25, 0.3) is 16.1 Å². The lowest BCUT2D eigenvalue weighted by atomic mass is 10.0. The summed E-state index contributed by atoms with van der Waals surface area (Å²) in [5, 5.41) is 4.56. The van der Waals surface area contributed by atoms with Crippen LogP contribution >= 0.6 is 22.9 Å². The molecule has 3 aromatic rings. The van der Waals surface area contributed by atoms with Gasteiger partial charge >= 0.3 is 0 Å². The first-order valence-corrected chi connectivity index (χ1v) is 11.1. The predicted octanol–water partition coefficient (Wildman–Crippen LogP) is 2.89. The van der Waals surface area contributed by atoms with Crippen molar-refractivity contribution in [2.24, 2.45) is 10.7 Å². The van der Waals surface area contributed by atoms with Crippen LogP contribution in [-0.4, -0.2) is 39.4 Å². The van der Waals surface area contributed by atoms with Gasteiger partial charge in [-0.2, -0.15) is 5.10 Å². The SMILES string of the molecule is CC1(C)C(N)=N[C@](C)(c2sc(-c3ccn4ncnc4c3)cc2Cl)CS1(=O)=O.